The highest BCUT2D eigenvalue weighted by Crippen LogP contribution is 2.48. The molecule has 0 aromatic carbocycles. The van der Waals surface area contributed by atoms with Crippen molar-refractivity contribution in [2.75, 3.05) is 0 Å². The van der Waals surface area contributed by atoms with Gasteiger partial charge in [-0.1, -0.05) is 13.3 Å². The van der Waals surface area contributed by atoms with Gasteiger partial charge in [0.25, 0.3) is 0 Å². The summed E-state index contributed by atoms with van der Waals surface area (Å²) in [6.45, 7) is 4.57. The number of carboxylic acids is 1. The van der Waals surface area contributed by atoms with E-state index in [2.05, 4.69) is 19.2 Å². The summed E-state index contributed by atoms with van der Waals surface area (Å²) in [5, 5.41) is 12.7. The van der Waals surface area contributed by atoms with Crippen molar-refractivity contribution < 1.29 is 9.90 Å². The molecule has 92 valence electrons. The fourth-order valence-corrected chi connectivity index (χ4v) is 2.75. The van der Waals surface area contributed by atoms with Crippen LogP contribution in [0.3, 0.4) is 0 Å². The van der Waals surface area contributed by atoms with Crippen molar-refractivity contribution in [3.05, 3.63) is 0 Å². The predicted molar refractivity (Wildman–Crippen MR) is 63.3 cm³/mol. The molecule has 2 aliphatic carbocycles. The minimum absolute atomic E-state index is 0.120. The Balaban J connectivity index is 1.83. The average molecular weight is 225 g/mol. The van der Waals surface area contributed by atoms with E-state index in [4.69, 9.17) is 5.11 Å². The molecule has 0 heterocycles. The van der Waals surface area contributed by atoms with E-state index in [-0.39, 0.29) is 5.92 Å². The van der Waals surface area contributed by atoms with E-state index in [9.17, 15) is 4.79 Å². The molecule has 3 nitrogen and oxygen atoms in total. The van der Waals surface area contributed by atoms with Crippen LogP contribution >= 0.6 is 0 Å². The van der Waals surface area contributed by atoms with Gasteiger partial charge in [0.05, 0.1) is 5.92 Å². The Hall–Kier alpha value is -0.570. The smallest absolute Gasteiger partial charge is 0.306 e. The van der Waals surface area contributed by atoms with Gasteiger partial charge in [-0.15, -0.1) is 0 Å². The van der Waals surface area contributed by atoms with Crippen molar-refractivity contribution >= 4 is 5.97 Å². The maximum absolute atomic E-state index is 11.0. The summed E-state index contributed by atoms with van der Waals surface area (Å²) >= 11 is 0. The van der Waals surface area contributed by atoms with Gasteiger partial charge in [-0.25, -0.2) is 0 Å². The third-order valence-electron chi connectivity index (χ3n) is 4.59. The summed E-state index contributed by atoms with van der Waals surface area (Å²) < 4.78 is 0. The highest BCUT2D eigenvalue weighted by molar-refractivity contribution is 5.70. The normalized spacial score (nSPS) is 34.4. The summed E-state index contributed by atoms with van der Waals surface area (Å²) in [6, 6.07) is 0.951. The number of rotatable bonds is 4. The average Bonchev–Trinajstić information content (AvgIpc) is 2.98. The Kier molecular flexibility index (Phi) is 3.24. The number of nitrogens with one attached hydrogen (secondary N) is 1. The maximum Gasteiger partial charge on any atom is 0.306 e. The van der Waals surface area contributed by atoms with Gasteiger partial charge in [0.1, 0.15) is 0 Å². The van der Waals surface area contributed by atoms with Crippen molar-refractivity contribution in [1.29, 1.82) is 0 Å². The second kappa shape index (κ2) is 4.36. The van der Waals surface area contributed by atoms with E-state index in [1.54, 1.807) is 0 Å². The molecule has 0 aromatic heterocycles. The van der Waals surface area contributed by atoms with E-state index in [0.29, 0.717) is 17.5 Å². The first-order valence-electron chi connectivity index (χ1n) is 6.50. The molecule has 2 N–H and O–H groups in total. The van der Waals surface area contributed by atoms with E-state index < -0.39 is 5.97 Å². The molecule has 0 amide bonds. The molecule has 3 heteroatoms. The third-order valence-corrected chi connectivity index (χ3v) is 4.59. The molecule has 3 unspecified atom stereocenters. The van der Waals surface area contributed by atoms with E-state index in [1.165, 1.54) is 12.8 Å². The van der Waals surface area contributed by atoms with Gasteiger partial charge in [-0.05, 0) is 44.4 Å². The quantitative estimate of drug-likeness (QED) is 0.772. The highest BCUT2D eigenvalue weighted by Gasteiger charge is 2.43. The topological polar surface area (TPSA) is 49.3 Å². The van der Waals surface area contributed by atoms with Crippen LogP contribution in [0.4, 0.5) is 0 Å². The molecule has 2 saturated carbocycles. The van der Waals surface area contributed by atoms with Crippen LogP contribution in [0, 0.1) is 11.3 Å². The third kappa shape index (κ3) is 2.57. The lowest BCUT2D eigenvalue weighted by Crippen LogP contribution is -2.44. The summed E-state index contributed by atoms with van der Waals surface area (Å²) in [4.78, 5) is 11.0. The number of hydrogen-bond donors (Lipinski definition) is 2. The first-order chi connectivity index (χ1) is 7.51. The van der Waals surface area contributed by atoms with Gasteiger partial charge in [0.2, 0.25) is 0 Å². The van der Waals surface area contributed by atoms with Crippen LogP contribution in [0.1, 0.15) is 52.4 Å². The Morgan fingerprint density at radius 1 is 1.44 bits per heavy atom. The van der Waals surface area contributed by atoms with Gasteiger partial charge in [0, 0.05) is 12.1 Å². The van der Waals surface area contributed by atoms with Crippen molar-refractivity contribution in [2.45, 2.75) is 64.5 Å². The van der Waals surface area contributed by atoms with Crippen LogP contribution in [0.25, 0.3) is 0 Å². The highest BCUT2D eigenvalue weighted by atomic mass is 16.4. The molecule has 2 aliphatic rings. The fraction of sp³-hybridized carbons (Fsp3) is 0.923. The minimum atomic E-state index is -0.614. The summed E-state index contributed by atoms with van der Waals surface area (Å²) in [7, 11) is 0. The number of carboxylic acid groups (broad SMARTS) is 1. The summed E-state index contributed by atoms with van der Waals surface area (Å²) in [5.41, 5.74) is 0.482. The van der Waals surface area contributed by atoms with Crippen molar-refractivity contribution in [2.24, 2.45) is 11.3 Å². The van der Waals surface area contributed by atoms with Crippen molar-refractivity contribution in [1.82, 2.24) is 5.32 Å². The van der Waals surface area contributed by atoms with Crippen LogP contribution in [0.5, 0.6) is 0 Å². The van der Waals surface area contributed by atoms with Gasteiger partial charge in [0.15, 0.2) is 0 Å². The molecule has 3 atom stereocenters. The summed E-state index contributed by atoms with van der Waals surface area (Å²) in [6.07, 6.45) is 6.50. The lowest BCUT2D eigenvalue weighted by atomic mass is 9.85. The Bertz CT molecular complexity index is 273. The lowest BCUT2D eigenvalue weighted by Gasteiger charge is -2.32. The fourth-order valence-electron chi connectivity index (χ4n) is 2.75. The maximum atomic E-state index is 11.0. The van der Waals surface area contributed by atoms with Crippen LogP contribution in [0.15, 0.2) is 0 Å². The molecule has 0 aromatic rings. The standard InChI is InChI=1S/C13H23NO2/c1-9(13(2)6-7-13)14-11-5-3-4-10(8-11)12(15)16/h9-11,14H,3-8H2,1-2H3,(H,15,16). The zero-order valence-electron chi connectivity index (χ0n) is 10.3. The van der Waals surface area contributed by atoms with E-state index in [1.807, 2.05) is 0 Å². The SMILES string of the molecule is CC(NC1CCCC(C(=O)O)C1)C1(C)CC1. The Morgan fingerprint density at radius 2 is 2.12 bits per heavy atom. The molecule has 0 aliphatic heterocycles. The largest absolute Gasteiger partial charge is 0.481 e. The number of aliphatic carboxylic acids is 1. The molecular formula is C13H23NO2. The summed E-state index contributed by atoms with van der Waals surface area (Å²) in [5.74, 6) is -0.734. The zero-order chi connectivity index (χ0) is 11.8. The monoisotopic (exact) mass is 225 g/mol. The van der Waals surface area contributed by atoms with Crippen LogP contribution < -0.4 is 5.32 Å². The van der Waals surface area contributed by atoms with Crippen LogP contribution in [-0.2, 0) is 4.79 Å². The second-order valence-electron chi connectivity index (χ2n) is 5.94. The first kappa shape index (κ1) is 11.9. The second-order valence-corrected chi connectivity index (χ2v) is 5.94. The molecule has 0 bridgehead atoms. The molecular weight excluding hydrogens is 202 g/mol. The van der Waals surface area contributed by atoms with E-state index in [0.717, 1.165) is 25.7 Å². The van der Waals surface area contributed by atoms with Gasteiger partial charge in [-0.3, -0.25) is 4.79 Å². The van der Waals surface area contributed by atoms with Crippen molar-refractivity contribution in [3.8, 4) is 0 Å². The molecule has 0 spiro atoms. The molecule has 0 saturated heterocycles. The van der Waals surface area contributed by atoms with Crippen molar-refractivity contribution in [3.63, 3.8) is 0 Å². The van der Waals surface area contributed by atoms with Gasteiger partial charge >= 0.3 is 5.97 Å². The Morgan fingerprint density at radius 3 is 2.69 bits per heavy atom. The zero-order valence-corrected chi connectivity index (χ0v) is 10.3. The van der Waals surface area contributed by atoms with Crippen LogP contribution in [-0.4, -0.2) is 23.2 Å². The number of hydrogen-bond acceptors (Lipinski definition) is 2. The first-order valence-corrected chi connectivity index (χ1v) is 6.50. The molecule has 16 heavy (non-hydrogen) atoms. The predicted octanol–water partition coefficient (Wildman–Crippen LogP) is 2.41. The number of carbonyl (C=O) groups is 1. The van der Waals surface area contributed by atoms with Crippen LogP contribution in [0.2, 0.25) is 0 Å². The molecule has 0 radical (unpaired) electrons. The minimum Gasteiger partial charge on any atom is -0.481 e. The van der Waals surface area contributed by atoms with Gasteiger partial charge < -0.3 is 10.4 Å². The van der Waals surface area contributed by atoms with E-state index >= 15 is 0 Å². The molecule has 2 fully saturated rings. The lowest BCUT2D eigenvalue weighted by molar-refractivity contribution is -0.143. The Labute approximate surface area is 97.6 Å². The van der Waals surface area contributed by atoms with Gasteiger partial charge in [-0.2, -0.15) is 0 Å². The molecule has 2 rings (SSSR count).